The van der Waals surface area contributed by atoms with Crippen LogP contribution < -0.4 is 10.2 Å². The number of benzene rings is 2. The third kappa shape index (κ3) is 3.77. The highest BCUT2D eigenvalue weighted by Crippen LogP contribution is 2.24. The second-order valence-electron chi connectivity index (χ2n) is 6.15. The Hall–Kier alpha value is -2.62. The lowest BCUT2D eigenvalue weighted by molar-refractivity contribution is -0.136. The average Bonchev–Trinajstić information content (AvgIpc) is 2.54. The molecule has 1 N–H and O–H groups in total. The van der Waals surface area contributed by atoms with Crippen molar-refractivity contribution in [2.24, 2.45) is 5.41 Å². The lowest BCUT2D eigenvalue weighted by Gasteiger charge is -2.28. The van der Waals surface area contributed by atoms with Gasteiger partial charge in [0.2, 0.25) is 11.8 Å². The van der Waals surface area contributed by atoms with Gasteiger partial charge < -0.3 is 10.2 Å². The van der Waals surface area contributed by atoms with Gasteiger partial charge in [0.1, 0.15) is 5.41 Å². The van der Waals surface area contributed by atoms with Crippen LogP contribution in [-0.4, -0.2) is 18.9 Å². The summed E-state index contributed by atoms with van der Waals surface area (Å²) in [5.41, 5.74) is 1.33. The Labute approximate surface area is 137 Å². The number of amides is 2. The van der Waals surface area contributed by atoms with Crippen LogP contribution in [0.25, 0.3) is 0 Å². The van der Waals surface area contributed by atoms with E-state index in [4.69, 9.17) is 0 Å². The molecule has 120 valence electrons. The summed E-state index contributed by atoms with van der Waals surface area (Å²) in [5, 5.41) is 2.82. The predicted octanol–water partition coefficient (Wildman–Crippen LogP) is 3.62. The van der Waals surface area contributed by atoms with Crippen LogP contribution in [0, 0.1) is 12.3 Å². The van der Waals surface area contributed by atoms with E-state index in [1.54, 1.807) is 20.9 Å². The van der Waals surface area contributed by atoms with Crippen LogP contribution in [0.5, 0.6) is 0 Å². The van der Waals surface area contributed by atoms with Crippen LogP contribution in [-0.2, 0) is 9.59 Å². The number of nitrogens with one attached hydrogen (secondary N) is 1. The molecule has 0 atom stereocenters. The largest absolute Gasteiger partial charge is 0.325 e. The van der Waals surface area contributed by atoms with E-state index in [1.165, 1.54) is 4.90 Å². The smallest absolute Gasteiger partial charge is 0.241 e. The van der Waals surface area contributed by atoms with Crippen LogP contribution in [0.4, 0.5) is 11.4 Å². The van der Waals surface area contributed by atoms with Crippen molar-refractivity contribution in [1.29, 1.82) is 0 Å². The fourth-order valence-electron chi connectivity index (χ4n) is 2.30. The third-order valence-corrected chi connectivity index (χ3v) is 3.83. The number of aryl methyl sites for hydroxylation is 1. The summed E-state index contributed by atoms with van der Waals surface area (Å²) in [5.74, 6) is -0.579. The maximum Gasteiger partial charge on any atom is 0.241 e. The van der Waals surface area contributed by atoms with Crippen molar-refractivity contribution in [2.75, 3.05) is 17.3 Å². The van der Waals surface area contributed by atoms with Crippen LogP contribution in [0.1, 0.15) is 19.4 Å². The monoisotopic (exact) mass is 310 g/mol. The summed E-state index contributed by atoms with van der Waals surface area (Å²) in [6, 6.07) is 16.8. The minimum Gasteiger partial charge on any atom is -0.325 e. The Kier molecular flexibility index (Phi) is 4.84. The molecule has 0 saturated carbocycles. The van der Waals surface area contributed by atoms with Gasteiger partial charge in [-0.3, -0.25) is 9.59 Å². The third-order valence-electron chi connectivity index (χ3n) is 3.83. The van der Waals surface area contributed by atoms with E-state index in [0.717, 1.165) is 11.3 Å². The Morgan fingerprint density at radius 2 is 1.65 bits per heavy atom. The first-order valence-electron chi connectivity index (χ1n) is 7.53. The zero-order chi connectivity index (χ0) is 17.0. The van der Waals surface area contributed by atoms with Crippen molar-refractivity contribution in [3.05, 3.63) is 60.2 Å². The lowest BCUT2D eigenvalue weighted by Crippen LogP contribution is -2.46. The molecule has 4 nitrogen and oxygen atoms in total. The van der Waals surface area contributed by atoms with E-state index in [2.05, 4.69) is 5.32 Å². The number of nitrogens with zero attached hydrogens (tertiary/aromatic N) is 1. The zero-order valence-corrected chi connectivity index (χ0v) is 14.0. The topological polar surface area (TPSA) is 49.4 Å². The molecule has 0 radical (unpaired) electrons. The standard InChI is InChI=1S/C19H22N2O2/c1-14-9-8-10-15(13-14)20-17(22)19(2,3)18(23)21(4)16-11-6-5-7-12-16/h5-13H,1-4H3,(H,20,22). The van der Waals surface area contributed by atoms with Gasteiger partial charge in [-0.2, -0.15) is 0 Å². The molecular weight excluding hydrogens is 288 g/mol. The van der Waals surface area contributed by atoms with Crippen LogP contribution in [0.2, 0.25) is 0 Å². The molecule has 23 heavy (non-hydrogen) atoms. The van der Waals surface area contributed by atoms with E-state index in [9.17, 15) is 9.59 Å². The molecule has 0 saturated heterocycles. The fourth-order valence-corrected chi connectivity index (χ4v) is 2.30. The summed E-state index contributed by atoms with van der Waals surface area (Å²) in [6.45, 7) is 5.23. The molecule has 2 aromatic rings. The summed E-state index contributed by atoms with van der Waals surface area (Å²) in [7, 11) is 1.68. The normalized spacial score (nSPS) is 11.0. The quantitative estimate of drug-likeness (QED) is 0.877. The first-order chi connectivity index (χ1) is 10.8. The Morgan fingerprint density at radius 1 is 1.00 bits per heavy atom. The Bertz CT molecular complexity index is 708. The number of hydrogen-bond donors (Lipinski definition) is 1. The number of hydrogen-bond acceptors (Lipinski definition) is 2. The van der Waals surface area contributed by atoms with Crippen molar-refractivity contribution in [1.82, 2.24) is 0 Å². The number of carbonyl (C=O) groups excluding carboxylic acids is 2. The SMILES string of the molecule is Cc1cccc(NC(=O)C(C)(C)C(=O)N(C)c2ccccc2)c1. The maximum absolute atomic E-state index is 12.7. The second-order valence-corrected chi connectivity index (χ2v) is 6.15. The van der Waals surface area contributed by atoms with Crippen molar-refractivity contribution in [3.8, 4) is 0 Å². The van der Waals surface area contributed by atoms with Gasteiger partial charge in [-0.15, -0.1) is 0 Å². The van der Waals surface area contributed by atoms with E-state index >= 15 is 0 Å². The molecule has 2 aromatic carbocycles. The van der Waals surface area contributed by atoms with Crippen molar-refractivity contribution < 1.29 is 9.59 Å². The summed E-state index contributed by atoms with van der Waals surface area (Å²) >= 11 is 0. The molecule has 0 heterocycles. The fraction of sp³-hybridized carbons (Fsp3) is 0.263. The maximum atomic E-state index is 12.7. The Balaban J connectivity index is 2.16. The van der Waals surface area contributed by atoms with Crippen molar-refractivity contribution >= 4 is 23.2 Å². The summed E-state index contributed by atoms with van der Waals surface area (Å²) in [4.78, 5) is 26.8. The van der Waals surface area contributed by atoms with E-state index in [1.807, 2.05) is 61.5 Å². The van der Waals surface area contributed by atoms with Gasteiger partial charge in [0.05, 0.1) is 0 Å². The second kappa shape index (κ2) is 6.65. The highest BCUT2D eigenvalue weighted by atomic mass is 16.2. The molecule has 0 unspecified atom stereocenters. The van der Waals surface area contributed by atoms with Gasteiger partial charge in [-0.05, 0) is 50.6 Å². The van der Waals surface area contributed by atoms with Gasteiger partial charge in [-0.25, -0.2) is 0 Å². The molecule has 0 aliphatic heterocycles. The minimum atomic E-state index is -1.17. The molecule has 0 aromatic heterocycles. The lowest BCUT2D eigenvalue weighted by atomic mass is 9.90. The van der Waals surface area contributed by atoms with Crippen molar-refractivity contribution in [2.45, 2.75) is 20.8 Å². The number of para-hydroxylation sites is 1. The minimum absolute atomic E-state index is 0.256. The zero-order valence-electron chi connectivity index (χ0n) is 14.0. The average molecular weight is 310 g/mol. The highest BCUT2D eigenvalue weighted by molar-refractivity contribution is 6.14. The van der Waals surface area contributed by atoms with Gasteiger partial charge in [0, 0.05) is 18.4 Å². The molecule has 0 aliphatic rings. The molecule has 0 bridgehead atoms. The molecule has 0 aliphatic carbocycles. The highest BCUT2D eigenvalue weighted by Gasteiger charge is 2.38. The number of carbonyl (C=O) groups is 2. The number of rotatable bonds is 4. The van der Waals surface area contributed by atoms with Crippen LogP contribution in [0.3, 0.4) is 0 Å². The Morgan fingerprint density at radius 3 is 2.26 bits per heavy atom. The van der Waals surface area contributed by atoms with E-state index in [-0.39, 0.29) is 11.8 Å². The van der Waals surface area contributed by atoms with Gasteiger partial charge in [-0.1, -0.05) is 30.3 Å². The van der Waals surface area contributed by atoms with Gasteiger partial charge >= 0.3 is 0 Å². The molecule has 0 fully saturated rings. The summed E-state index contributed by atoms with van der Waals surface area (Å²) in [6.07, 6.45) is 0. The number of anilines is 2. The first-order valence-corrected chi connectivity index (χ1v) is 7.53. The van der Waals surface area contributed by atoms with Crippen LogP contribution >= 0.6 is 0 Å². The summed E-state index contributed by atoms with van der Waals surface area (Å²) < 4.78 is 0. The molecule has 2 amide bonds. The molecule has 0 spiro atoms. The van der Waals surface area contributed by atoms with Crippen molar-refractivity contribution in [3.63, 3.8) is 0 Å². The van der Waals surface area contributed by atoms with E-state index in [0.29, 0.717) is 5.69 Å². The van der Waals surface area contributed by atoms with Crippen LogP contribution in [0.15, 0.2) is 54.6 Å². The molecule has 2 rings (SSSR count). The predicted molar refractivity (Wildman–Crippen MR) is 93.4 cm³/mol. The van der Waals surface area contributed by atoms with Gasteiger partial charge in [0.25, 0.3) is 0 Å². The first kappa shape index (κ1) is 16.7. The molecule has 4 heteroatoms. The van der Waals surface area contributed by atoms with Gasteiger partial charge in [0.15, 0.2) is 0 Å². The molecular formula is C19H22N2O2. The van der Waals surface area contributed by atoms with E-state index < -0.39 is 5.41 Å².